The topological polar surface area (TPSA) is 110 Å². The molecule has 0 aromatic heterocycles. The predicted octanol–water partition coefficient (Wildman–Crippen LogP) is 2.96. The van der Waals surface area contributed by atoms with Crippen molar-refractivity contribution in [1.29, 1.82) is 0 Å². The van der Waals surface area contributed by atoms with Crippen LogP contribution < -0.4 is 15.1 Å². The fourth-order valence-electron chi connectivity index (χ4n) is 3.62. The first-order valence-corrected chi connectivity index (χ1v) is 11.3. The van der Waals surface area contributed by atoms with Crippen molar-refractivity contribution in [3.05, 3.63) is 23.8 Å². The average Bonchev–Trinajstić information content (AvgIpc) is 3.01. The van der Waals surface area contributed by atoms with E-state index >= 15 is 8.78 Å². The van der Waals surface area contributed by atoms with Crippen LogP contribution in [0.25, 0.3) is 0 Å². The van der Waals surface area contributed by atoms with Crippen LogP contribution in [-0.4, -0.2) is 80.9 Å². The molecule has 192 valence electrons. The van der Waals surface area contributed by atoms with E-state index in [0.717, 1.165) is 22.1 Å². The van der Waals surface area contributed by atoms with Crippen LogP contribution in [0, 0.1) is 11.6 Å². The van der Waals surface area contributed by atoms with Crippen LogP contribution in [0.15, 0.2) is 12.1 Å². The monoisotopic (exact) mass is 516 g/mol. The molecule has 2 aliphatic heterocycles. The number of imide groups is 1. The van der Waals surface area contributed by atoms with E-state index in [1.165, 1.54) is 12.0 Å². The fraction of sp³-hybridized carbons (Fsp3) is 0.524. The molecule has 2 fully saturated rings. The van der Waals surface area contributed by atoms with Gasteiger partial charge in [-0.1, -0.05) is 0 Å². The highest BCUT2D eigenvalue weighted by Gasteiger charge is 2.34. The zero-order valence-electron chi connectivity index (χ0n) is 19.3. The molecule has 2 heterocycles. The molecular weight excluding hydrogens is 490 g/mol. The van der Waals surface area contributed by atoms with Crippen LogP contribution in [0.5, 0.6) is 0 Å². The third kappa shape index (κ3) is 6.66. The van der Waals surface area contributed by atoms with Crippen LogP contribution in [0.1, 0.15) is 19.8 Å². The van der Waals surface area contributed by atoms with Gasteiger partial charge in [0.1, 0.15) is 11.8 Å². The predicted molar refractivity (Wildman–Crippen MR) is 123 cm³/mol. The molecule has 2 aliphatic rings. The zero-order valence-corrected chi connectivity index (χ0v) is 20.1. The normalized spacial score (nSPS) is 18.1. The second-order valence-corrected chi connectivity index (χ2v) is 8.02. The van der Waals surface area contributed by atoms with Gasteiger partial charge in [0.25, 0.3) is 0 Å². The highest BCUT2D eigenvalue weighted by molar-refractivity contribution is 7.80. The molecule has 1 N–H and O–H groups in total. The summed E-state index contributed by atoms with van der Waals surface area (Å²) in [7, 11) is 1.45. The first-order chi connectivity index (χ1) is 16.7. The van der Waals surface area contributed by atoms with Crippen molar-refractivity contribution in [2.24, 2.45) is 0 Å². The fourth-order valence-corrected chi connectivity index (χ4v) is 3.74. The van der Waals surface area contributed by atoms with Gasteiger partial charge in [0, 0.05) is 31.6 Å². The number of hydroxylamine groups is 2. The average molecular weight is 517 g/mol. The van der Waals surface area contributed by atoms with Gasteiger partial charge in [-0.05, 0) is 25.6 Å². The summed E-state index contributed by atoms with van der Waals surface area (Å²) in [6, 6.07) is 1.26. The second kappa shape index (κ2) is 11.9. The number of cyclic esters (lactones) is 1. The Balaban J connectivity index is 1.66. The Bertz CT molecular complexity index is 960. The third-order valence-corrected chi connectivity index (χ3v) is 5.66. The van der Waals surface area contributed by atoms with E-state index in [-0.39, 0.29) is 50.8 Å². The molecule has 14 heteroatoms. The van der Waals surface area contributed by atoms with Crippen molar-refractivity contribution in [3.63, 3.8) is 0 Å². The van der Waals surface area contributed by atoms with Crippen LogP contribution in [0.2, 0.25) is 0 Å². The smallest absolute Gasteiger partial charge is 0.415 e. The number of rotatable bonds is 6. The highest BCUT2D eigenvalue weighted by Crippen LogP contribution is 2.32. The Kier molecular flexibility index (Phi) is 8.98. The molecule has 0 radical (unpaired) electrons. The maximum absolute atomic E-state index is 15.0. The summed E-state index contributed by atoms with van der Waals surface area (Å²) in [5.74, 6) is -1.78. The van der Waals surface area contributed by atoms with Crippen molar-refractivity contribution in [2.45, 2.75) is 25.9 Å². The molecule has 0 spiro atoms. The van der Waals surface area contributed by atoms with Gasteiger partial charge < -0.3 is 19.1 Å². The van der Waals surface area contributed by atoms with E-state index in [9.17, 15) is 14.4 Å². The number of halogens is 2. The largest absolute Gasteiger partial charge is 0.490 e. The number of alkyl carbamates (subject to hydrolysis) is 1. The minimum Gasteiger partial charge on any atom is -0.490 e. The van der Waals surface area contributed by atoms with Gasteiger partial charge in [-0.15, -0.1) is 0 Å². The molecule has 1 aromatic rings. The molecular formula is C21H26F2N4O7S. The number of urea groups is 1. The number of carbonyl (C=O) groups excluding carboxylic acids is 3. The number of hydrogen-bond acceptors (Lipinski definition) is 9. The molecule has 0 bridgehead atoms. The molecule has 2 saturated heterocycles. The second-order valence-electron chi connectivity index (χ2n) is 7.56. The Morgan fingerprint density at radius 2 is 1.94 bits per heavy atom. The van der Waals surface area contributed by atoms with Gasteiger partial charge >= 0.3 is 18.2 Å². The molecule has 3 rings (SSSR count). The molecule has 0 saturated carbocycles. The lowest BCUT2D eigenvalue weighted by Gasteiger charge is -2.24. The summed E-state index contributed by atoms with van der Waals surface area (Å²) in [6.07, 6.45) is -1.30. The summed E-state index contributed by atoms with van der Waals surface area (Å²) in [6.45, 7) is 1.74. The Morgan fingerprint density at radius 1 is 1.23 bits per heavy atom. The first-order valence-electron chi connectivity index (χ1n) is 10.9. The summed E-state index contributed by atoms with van der Waals surface area (Å²) in [5, 5.41) is 3.25. The third-order valence-electron chi connectivity index (χ3n) is 5.29. The molecule has 4 amide bonds. The van der Waals surface area contributed by atoms with Crippen molar-refractivity contribution in [1.82, 2.24) is 10.4 Å². The van der Waals surface area contributed by atoms with Crippen LogP contribution in [0.3, 0.4) is 0 Å². The molecule has 1 atom stereocenters. The Labute approximate surface area is 205 Å². The van der Waals surface area contributed by atoms with Crippen molar-refractivity contribution in [2.75, 3.05) is 56.3 Å². The van der Waals surface area contributed by atoms with E-state index in [2.05, 4.69) is 4.74 Å². The number of benzene rings is 1. The number of hydrogen-bond donors (Lipinski definition) is 1. The van der Waals surface area contributed by atoms with Gasteiger partial charge in [0.15, 0.2) is 16.7 Å². The molecule has 0 aliphatic carbocycles. The number of anilines is 2. The van der Waals surface area contributed by atoms with E-state index in [1.807, 2.05) is 5.32 Å². The van der Waals surface area contributed by atoms with E-state index in [4.69, 9.17) is 26.5 Å². The summed E-state index contributed by atoms with van der Waals surface area (Å²) >= 11 is 4.98. The van der Waals surface area contributed by atoms with E-state index in [1.54, 1.807) is 6.92 Å². The molecule has 1 aromatic carbocycles. The van der Waals surface area contributed by atoms with Crippen molar-refractivity contribution in [3.8, 4) is 0 Å². The van der Waals surface area contributed by atoms with Gasteiger partial charge in [-0.3, -0.25) is 9.74 Å². The highest BCUT2D eigenvalue weighted by atomic mass is 32.1. The minimum atomic E-state index is -0.932. The van der Waals surface area contributed by atoms with E-state index in [0.29, 0.717) is 17.9 Å². The first kappa shape index (κ1) is 26.3. The lowest BCUT2D eigenvalue weighted by Crippen LogP contribution is -2.44. The van der Waals surface area contributed by atoms with Gasteiger partial charge in [-0.25, -0.2) is 33.5 Å². The van der Waals surface area contributed by atoms with Crippen molar-refractivity contribution >= 4 is 46.9 Å². The van der Waals surface area contributed by atoms with Gasteiger partial charge in [0.05, 0.1) is 39.1 Å². The molecule has 11 nitrogen and oxygen atoms in total. The van der Waals surface area contributed by atoms with Gasteiger partial charge in [-0.2, -0.15) is 0 Å². The number of nitrogens with zero attached hydrogens (tertiary/aromatic N) is 3. The summed E-state index contributed by atoms with van der Waals surface area (Å²) in [4.78, 5) is 43.6. The van der Waals surface area contributed by atoms with Crippen molar-refractivity contribution < 1.29 is 42.2 Å². The molecule has 0 unspecified atom stereocenters. The number of nitrogens with one attached hydrogen (secondary N) is 1. The number of amides is 4. The quantitative estimate of drug-likeness (QED) is 0.571. The SMILES string of the molecule is CCOC(=O)NC(=O)N1CCN(c2c(F)cc(N3C[C@H](CCC(=S)OC)OC3=O)cc2F)CCO1. The maximum Gasteiger partial charge on any atom is 0.415 e. The van der Waals surface area contributed by atoms with Crippen LogP contribution >= 0.6 is 12.2 Å². The van der Waals surface area contributed by atoms with Gasteiger partial charge in [0.2, 0.25) is 0 Å². The molecule has 35 heavy (non-hydrogen) atoms. The summed E-state index contributed by atoms with van der Waals surface area (Å²) in [5.41, 5.74) is -0.299. The number of ether oxygens (including phenoxy) is 3. The standard InChI is InChI=1S/C21H26F2N4O7S/c1-3-32-20(29)24-19(28)27-7-6-25(8-9-33-27)18-15(22)10-13(11-16(18)23)26-12-14(34-21(26)30)4-5-17(35)31-2/h10-11,14H,3-9,12H2,1-2H3,(H,24,28,29)/t14-/m0/s1. The number of methoxy groups -OCH3 is 1. The summed E-state index contributed by atoms with van der Waals surface area (Å²) < 4.78 is 44.9. The lowest BCUT2D eigenvalue weighted by molar-refractivity contribution is -0.104. The Hall–Kier alpha value is -3.26. The van der Waals surface area contributed by atoms with E-state index < -0.39 is 36.0 Å². The number of carbonyl (C=O) groups is 3. The number of thiocarbonyl (C=S) groups is 1. The zero-order chi connectivity index (χ0) is 25.5. The van der Waals surface area contributed by atoms with Crippen LogP contribution in [0.4, 0.5) is 34.5 Å². The minimum absolute atomic E-state index is 0.0204. The lowest BCUT2D eigenvalue weighted by atomic mass is 10.2. The van der Waals surface area contributed by atoms with Crippen LogP contribution in [-0.2, 0) is 19.0 Å². The Morgan fingerprint density at radius 3 is 2.60 bits per heavy atom. The maximum atomic E-state index is 15.0.